The largest absolute Gasteiger partial charge is 0.0898 e. The topological polar surface area (TPSA) is 0 Å². The molecule has 0 aliphatic rings. The fourth-order valence-corrected chi connectivity index (χ4v) is 0.711. The fraction of sp³-hybridized carbons (Fsp3) is 0.667. The molecular formula is C6H11Cl. The molecule has 42 valence electrons. The first-order valence-electron chi connectivity index (χ1n) is 2.47. The first-order chi connectivity index (χ1) is 3.13. The zero-order valence-electron chi connectivity index (χ0n) is 5.03. The van der Waals surface area contributed by atoms with Crippen molar-refractivity contribution in [2.45, 2.75) is 20.8 Å². The molecule has 0 aliphatic carbocycles. The van der Waals surface area contributed by atoms with E-state index in [1.165, 1.54) is 0 Å². The van der Waals surface area contributed by atoms with Gasteiger partial charge in [-0.1, -0.05) is 31.5 Å². The summed E-state index contributed by atoms with van der Waals surface area (Å²) in [6.07, 6.45) is 2.02. The second kappa shape index (κ2) is 3.09. The highest BCUT2D eigenvalue weighted by Crippen LogP contribution is 2.03. The predicted molar refractivity (Wildman–Crippen MR) is 34.4 cm³/mol. The smallest absolute Gasteiger partial charge is 0.0112 e. The van der Waals surface area contributed by atoms with Gasteiger partial charge in [-0.25, -0.2) is 0 Å². The molecule has 0 atom stereocenters. The van der Waals surface area contributed by atoms with Gasteiger partial charge in [-0.3, -0.25) is 0 Å². The normalized spacial score (nSPS) is 13.0. The zero-order valence-corrected chi connectivity index (χ0v) is 5.79. The molecule has 0 heterocycles. The molecule has 0 nitrogen and oxygen atoms in total. The molecule has 0 N–H and O–H groups in total. The van der Waals surface area contributed by atoms with E-state index in [9.17, 15) is 0 Å². The lowest BCUT2D eigenvalue weighted by atomic mass is 10.2. The Morgan fingerprint density at radius 2 is 2.00 bits per heavy atom. The minimum absolute atomic E-state index is 0.581. The van der Waals surface area contributed by atoms with Crippen LogP contribution in [0.2, 0.25) is 0 Å². The molecule has 0 saturated carbocycles. The quantitative estimate of drug-likeness (QED) is 0.497. The monoisotopic (exact) mass is 118 g/mol. The summed E-state index contributed by atoms with van der Waals surface area (Å²) in [5.74, 6) is 0.581. The summed E-state index contributed by atoms with van der Waals surface area (Å²) in [5.41, 5.74) is 0. The molecule has 0 aromatic heterocycles. The van der Waals surface area contributed by atoms with Gasteiger partial charge in [0.1, 0.15) is 0 Å². The molecule has 0 aromatic rings. The number of allylic oxidation sites excluding steroid dienone is 2. The Bertz CT molecular complexity index is 68.2. The highest BCUT2D eigenvalue weighted by molar-refractivity contribution is 6.29. The zero-order chi connectivity index (χ0) is 5.86. The van der Waals surface area contributed by atoms with Gasteiger partial charge in [0, 0.05) is 5.03 Å². The number of hydrogen-bond acceptors (Lipinski definition) is 0. The number of rotatable bonds is 1. The summed E-state index contributed by atoms with van der Waals surface area (Å²) in [7, 11) is 0. The van der Waals surface area contributed by atoms with Gasteiger partial charge in [-0.2, -0.15) is 0 Å². The standard InChI is InChI=1S/C6H11Cl/c1-5(2)4-6(3)7/h4-5H,1-3H3. The minimum Gasteiger partial charge on any atom is -0.0898 e. The van der Waals surface area contributed by atoms with Gasteiger partial charge in [-0.15, -0.1) is 0 Å². The summed E-state index contributed by atoms with van der Waals surface area (Å²) >= 11 is 5.53. The van der Waals surface area contributed by atoms with Crippen molar-refractivity contribution in [1.29, 1.82) is 0 Å². The van der Waals surface area contributed by atoms with Crippen LogP contribution in [0.15, 0.2) is 11.1 Å². The van der Waals surface area contributed by atoms with E-state index < -0.39 is 0 Å². The molecule has 0 unspecified atom stereocenters. The average Bonchev–Trinajstić information content (AvgIpc) is 1.27. The number of hydrogen-bond donors (Lipinski definition) is 0. The van der Waals surface area contributed by atoms with Crippen LogP contribution in [-0.2, 0) is 0 Å². The second-order valence-electron chi connectivity index (χ2n) is 2.00. The van der Waals surface area contributed by atoms with E-state index in [0.29, 0.717) is 5.92 Å². The highest BCUT2D eigenvalue weighted by atomic mass is 35.5. The molecule has 0 radical (unpaired) electrons. The lowest BCUT2D eigenvalue weighted by molar-refractivity contribution is 0.828. The molecule has 0 aromatic carbocycles. The number of halogens is 1. The Morgan fingerprint density at radius 1 is 1.57 bits per heavy atom. The molecular weight excluding hydrogens is 108 g/mol. The molecule has 0 bridgehead atoms. The Hall–Kier alpha value is 0.0300. The Morgan fingerprint density at radius 3 is 2.00 bits per heavy atom. The van der Waals surface area contributed by atoms with Crippen molar-refractivity contribution in [2.75, 3.05) is 0 Å². The Labute approximate surface area is 50.2 Å². The average molecular weight is 119 g/mol. The maximum atomic E-state index is 5.53. The van der Waals surface area contributed by atoms with E-state index in [1.54, 1.807) is 0 Å². The molecule has 0 amide bonds. The third-order valence-electron chi connectivity index (χ3n) is 0.563. The summed E-state index contributed by atoms with van der Waals surface area (Å²) < 4.78 is 0. The van der Waals surface area contributed by atoms with Crippen LogP contribution >= 0.6 is 11.6 Å². The molecule has 0 aliphatic heterocycles. The SMILES string of the molecule is CC(Cl)=CC(C)C. The van der Waals surface area contributed by atoms with Crippen LogP contribution in [0.4, 0.5) is 0 Å². The maximum absolute atomic E-state index is 5.53. The van der Waals surface area contributed by atoms with E-state index >= 15 is 0 Å². The van der Waals surface area contributed by atoms with Crippen molar-refractivity contribution in [3.05, 3.63) is 11.1 Å². The summed E-state index contributed by atoms with van der Waals surface area (Å²) in [6, 6.07) is 0. The van der Waals surface area contributed by atoms with Crippen LogP contribution in [0.1, 0.15) is 20.8 Å². The molecule has 7 heavy (non-hydrogen) atoms. The van der Waals surface area contributed by atoms with Crippen LogP contribution in [0, 0.1) is 5.92 Å². The van der Waals surface area contributed by atoms with E-state index in [0.717, 1.165) is 5.03 Å². The summed E-state index contributed by atoms with van der Waals surface area (Å²) in [6.45, 7) is 6.10. The van der Waals surface area contributed by atoms with Gasteiger partial charge in [0.05, 0.1) is 0 Å². The lowest BCUT2D eigenvalue weighted by Crippen LogP contribution is -1.76. The molecule has 0 saturated heterocycles. The molecule has 0 spiro atoms. The van der Waals surface area contributed by atoms with Crippen LogP contribution in [-0.4, -0.2) is 0 Å². The van der Waals surface area contributed by atoms with Crippen LogP contribution in [0.3, 0.4) is 0 Å². The Kier molecular flexibility index (Phi) is 3.10. The van der Waals surface area contributed by atoms with Crippen LogP contribution < -0.4 is 0 Å². The van der Waals surface area contributed by atoms with E-state index in [1.807, 2.05) is 13.0 Å². The van der Waals surface area contributed by atoms with Crippen molar-refractivity contribution in [3.63, 3.8) is 0 Å². The Balaban J connectivity index is 3.45. The summed E-state index contributed by atoms with van der Waals surface area (Å²) in [4.78, 5) is 0. The van der Waals surface area contributed by atoms with Crippen molar-refractivity contribution in [3.8, 4) is 0 Å². The lowest BCUT2D eigenvalue weighted by Gasteiger charge is -1.91. The fourth-order valence-electron chi connectivity index (χ4n) is 0.459. The van der Waals surface area contributed by atoms with Crippen molar-refractivity contribution >= 4 is 11.6 Å². The van der Waals surface area contributed by atoms with E-state index in [2.05, 4.69) is 13.8 Å². The molecule has 0 fully saturated rings. The molecule has 0 rings (SSSR count). The van der Waals surface area contributed by atoms with Gasteiger partial charge in [0.15, 0.2) is 0 Å². The predicted octanol–water partition coefficient (Wildman–Crippen LogP) is 2.79. The summed E-state index contributed by atoms with van der Waals surface area (Å²) in [5, 5.41) is 0.884. The second-order valence-corrected chi connectivity index (χ2v) is 2.59. The highest BCUT2D eigenvalue weighted by Gasteiger charge is 1.84. The van der Waals surface area contributed by atoms with Crippen LogP contribution in [0.25, 0.3) is 0 Å². The first kappa shape index (κ1) is 7.03. The van der Waals surface area contributed by atoms with Gasteiger partial charge in [-0.05, 0) is 12.8 Å². The molecule has 1 heteroatoms. The van der Waals surface area contributed by atoms with Gasteiger partial charge in [0.25, 0.3) is 0 Å². The minimum atomic E-state index is 0.581. The van der Waals surface area contributed by atoms with E-state index in [-0.39, 0.29) is 0 Å². The first-order valence-corrected chi connectivity index (χ1v) is 2.84. The van der Waals surface area contributed by atoms with Crippen molar-refractivity contribution in [2.24, 2.45) is 5.92 Å². The van der Waals surface area contributed by atoms with Crippen molar-refractivity contribution in [1.82, 2.24) is 0 Å². The van der Waals surface area contributed by atoms with Crippen molar-refractivity contribution < 1.29 is 0 Å². The third-order valence-corrected chi connectivity index (χ3v) is 0.689. The maximum Gasteiger partial charge on any atom is 0.0112 e. The van der Waals surface area contributed by atoms with Gasteiger partial charge < -0.3 is 0 Å². The van der Waals surface area contributed by atoms with E-state index in [4.69, 9.17) is 11.6 Å². The van der Waals surface area contributed by atoms with Gasteiger partial charge in [0.2, 0.25) is 0 Å². The van der Waals surface area contributed by atoms with Gasteiger partial charge >= 0.3 is 0 Å². The third kappa shape index (κ3) is 6.03. The van der Waals surface area contributed by atoms with Crippen LogP contribution in [0.5, 0.6) is 0 Å².